The first-order valence-electron chi connectivity index (χ1n) is 9.01. The summed E-state index contributed by atoms with van der Waals surface area (Å²) in [5.41, 5.74) is -0.722. The third-order valence-corrected chi connectivity index (χ3v) is 5.09. The summed E-state index contributed by atoms with van der Waals surface area (Å²) in [6.07, 6.45) is 5.79. The van der Waals surface area contributed by atoms with Crippen LogP contribution in [-0.4, -0.2) is 23.9 Å². The molecular formula is C19H26ClFN2O2. The molecular weight excluding hydrogens is 343 g/mol. The van der Waals surface area contributed by atoms with Crippen LogP contribution in [-0.2, 0) is 16.0 Å². The van der Waals surface area contributed by atoms with Crippen LogP contribution < -0.4 is 10.6 Å². The molecule has 2 rings (SSSR count). The molecule has 1 aromatic rings. The monoisotopic (exact) mass is 368 g/mol. The molecule has 1 aliphatic carbocycles. The Morgan fingerprint density at radius 3 is 2.60 bits per heavy atom. The summed E-state index contributed by atoms with van der Waals surface area (Å²) in [7, 11) is 0. The number of halogens is 2. The van der Waals surface area contributed by atoms with E-state index in [1.807, 2.05) is 0 Å². The Hall–Kier alpha value is -1.62. The molecule has 1 fully saturated rings. The van der Waals surface area contributed by atoms with Crippen molar-refractivity contribution >= 4 is 23.4 Å². The van der Waals surface area contributed by atoms with E-state index in [0.29, 0.717) is 19.4 Å². The molecule has 0 spiro atoms. The van der Waals surface area contributed by atoms with Crippen molar-refractivity contribution in [1.29, 1.82) is 0 Å². The number of rotatable bonds is 7. The molecule has 0 unspecified atom stereocenters. The zero-order valence-corrected chi connectivity index (χ0v) is 15.4. The summed E-state index contributed by atoms with van der Waals surface area (Å²) in [6, 6.07) is 4.34. The Balaban J connectivity index is 2.08. The van der Waals surface area contributed by atoms with Crippen LogP contribution in [0, 0.1) is 5.82 Å². The molecule has 138 valence electrons. The van der Waals surface area contributed by atoms with Crippen LogP contribution in [0.1, 0.15) is 57.4 Å². The van der Waals surface area contributed by atoms with Crippen molar-refractivity contribution in [3.8, 4) is 0 Å². The molecule has 0 aromatic heterocycles. The fourth-order valence-electron chi connectivity index (χ4n) is 3.28. The van der Waals surface area contributed by atoms with Crippen LogP contribution >= 0.6 is 11.6 Å². The second-order valence-corrected chi connectivity index (χ2v) is 7.08. The van der Waals surface area contributed by atoms with Gasteiger partial charge in [0, 0.05) is 17.1 Å². The molecule has 2 N–H and O–H groups in total. The minimum atomic E-state index is -0.888. The van der Waals surface area contributed by atoms with E-state index in [-0.39, 0.29) is 28.8 Å². The van der Waals surface area contributed by atoms with Gasteiger partial charge in [0.2, 0.25) is 11.8 Å². The van der Waals surface area contributed by atoms with Gasteiger partial charge in [-0.05, 0) is 31.4 Å². The maximum Gasteiger partial charge on any atom is 0.245 e. The average molecular weight is 369 g/mol. The van der Waals surface area contributed by atoms with Gasteiger partial charge in [-0.25, -0.2) is 4.39 Å². The maximum absolute atomic E-state index is 13.9. The molecule has 0 heterocycles. The highest BCUT2D eigenvalue weighted by atomic mass is 35.5. The molecule has 1 aromatic carbocycles. The zero-order valence-electron chi connectivity index (χ0n) is 14.7. The number of benzene rings is 1. The molecule has 6 heteroatoms. The fraction of sp³-hybridized carbons (Fsp3) is 0.579. The maximum atomic E-state index is 13.9. The minimum absolute atomic E-state index is 0.131. The first-order valence-corrected chi connectivity index (χ1v) is 9.38. The van der Waals surface area contributed by atoms with Gasteiger partial charge in [0.25, 0.3) is 0 Å². The Morgan fingerprint density at radius 2 is 1.96 bits per heavy atom. The predicted molar refractivity (Wildman–Crippen MR) is 97.0 cm³/mol. The second-order valence-electron chi connectivity index (χ2n) is 6.68. The number of carbonyl (C=O) groups excluding carboxylic acids is 2. The van der Waals surface area contributed by atoms with Crippen LogP contribution in [0.5, 0.6) is 0 Å². The van der Waals surface area contributed by atoms with Crippen LogP contribution in [0.25, 0.3) is 0 Å². The lowest BCUT2D eigenvalue weighted by molar-refractivity contribution is -0.134. The molecule has 0 bridgehead atoms. The third-order valence-electron chi connectivity index (χ3n) is 4.74. The fourth-order valence-corrected chi connectivity index (χ4v) is 3.51. The quantitative estimate of drug-likeness (QED) is 0.720. The van der Waals surface area contributed by atoms with Crippen molar-refractivity contribution in [3.63, 3.8) is 0 Å². The summed E-state index contributed by atoms with van der Waals surface area (Å²) in [4.78, 5) is 25.2. The lowest BCUT2D eigenvalue weighted by Gasteiger charge is -2.36. The number of carbonyl (C=O) groups is 2. The van der Waals surface area contributed by atoms with Crippen molar-refractivity contribution in [1.82, 2.24) is 10.6 Å². The van der Waals surface area contributed by atoms with Crippen molar-refractivity contribution in [2.45, 2.75) is 63.8 Å². The van der Waals surface area contributed by atoms with E-state index in [2.05, 4.69) is 17.6 Å². The molecule has 0 saturated heterocycles. The Bertz CT molecular complexity index is 595. The first kappa shape index (κ1) is 19.7. The Kier molecular flexibility index (Phi) is 7.24. The smallest absolute Gasteiger partial charge is 0.245 e. The van der Waals surface area contributed by atoms with Crippen LogP contribution in [0.2, 0.25) is 5.02 Å². The Morgan fingerprint density at radius 1 is 1.24 bits per heavy atom. The van der Waals surface area contributed by atoms with Crippen molar-refractivity contribution in [3.05, 3.63) is 34.6 Å². The van der Waals surface area contributed by atoms with E-state index in [4.69, 9.17) is 11.6 Å². The molecule has 0 aliphatic heterocycles. The molecule has 0 atom stereocenters. The van der Waals surface area contributed by atoms with E-state index in [0.717, 1.165) is 32.1 Å². The van der Waals surface area contributed by atoms with Gasteiger partial charge in [-0.2, -0.15) is 0 Å². The van der Waals surface area contributed by atoms with Gasteiger partial charge in [-0.1, -0.05) is 50.3 Å². The van der Waals surface area contributed by atoms with E-state index >= 15 is 0 Å². The highest BCUT2D eigenvalue weighted by Gasteiger charge is 2.40. The molecule has 0 radical (unpaired) electrons. The van der Waals surface area contributed by atoms with Gasteiger partial charge in [0.1, 0.15) is 11.4 Å². The van der Waals surface area contributed by atoms with E-state index in [1.165, 1.54) is 12.1 Å². The van der Waals surface area contributed by atoms with Gasteiger partial charge < -0.3 is 10.6 Å². The van der Waals surface area contributed by atoms with Gasteiger partial charge >= 0.3 is 0 Å². The molecule has 2 amide bonds. The molecule has 1 saturated carbocycles. The van der Waals surface area contributed by atoms with Gasteiger partial charge in [0.05, 0.1) is 6.42 Å². The topological polar surface area (TPSA) is 58.2 Å². The van der Waals surface area contributed by atoms with E-state index in [9.17, 15) is 14.0 Å². The van der Waals surface area contributed by atoms with Crippen molar-refractivity contribution in [2.24, 2.45) is 0 Å². The number of hydrogen-bond donors (Lipinski definition) is 2. The van der Waals surface area contributed by atoms with Gasteiger partial charge in [0.15, 0.2) is 0 Å². The Labute approximate surface area is 153 Å². The van der Waals surface area contributed by atoms with Gasteiger partial charge in [-0.3, -0.25) is 9.59 Å². The molecule has 4 nitrogen and oxygen atoms in total. The zero-order chi connectivity index (χ0) is 18.3. The first-order chi connectivity index (χ1) is 12.0. The second kappa shape index (κ2) is 9.18. The number of amides is 2. The highest BCUT2D eigenvalue weighted by molar-refractivity contribution is 6.31. The van der Waals surface area contributed by atoms with E-state index in [1.54, 1.807) is 6.07 Å². The average Bonchev–Trinajstić information content (AvgIpc) is 2.59. The summed E-state index contributed by atoms with van der Waals surface area (Å²) in [5.74, 6) is -1.01. The number of unbranched alkanes of at least 4 members (excludes halogenated alkanes) is 1. The SMILES string of the molecule is CCCCNC(=O)C1(NC(=O)Cc2c(F)cccc2Cl)CCCCC1. The lowest BCUT2D eigenvalue weighted by atomic mass is 9.80. The third kappa shape index (κ3) is 5.18. The van der Waals surface area contributed by atoms with Crippen LogP contribution in [0.3, 0.4) is 0 Å². The number of nitrogens with one attached hydrogen (secondary N) is 2. The van der Waals surface area contributed by atoms with E-state index < -0.39 is 11.4 Å². The van der Waals surface area contributed by atoms with Crippen LogP contribution in [0.15, 0.2) is 18.2 Å². The van der Waals surface area contributed by atoms with Crippen LogP contribution in [0.4, 0.5) is 4.39 Å². The standard InChI is InChI=1S/C19H26ClFN2O2/c1-2-3-12-22-18(25)19(10-5-4-6-11-19)23-17(24)13-14-15(20)8-7-9-16(14)21/h7-9H,2-6,10-13H2,1H3,(H,22,25)(H,23,24). The highest BCUT2D eigenvalue weighted by Crippen LogP contribution is 2.29. The van der Waals surface area contributed by atoms with Gasteiger partial charge in [-0.15, -0.1) is 0 Å². The largest absolute Gasteiger partial charge is 0.354 e. The summed E-state index contributed by atoms with van der Waals surface area (Å²) in [6.45, 7) is 2.66. The minimum Gasteiger partial charge on any atom is -0.354 e. The summed E-state index contributed by atoms with van der Waals surface area (Å²) in [5, 5.41) is 6.04. The summed E-state index contributed by atoms with van der Waals surface area (Å²) < 4.78 is 13.9. The lowest BCUT2D eigenvalue weighted by Crippen LogP contribution is -2.60. The van der Waals surface area contributed by atoms with Crippen molar-refractivity contribution in [2.75, 3.05) is 6.54 Å². The molecule has 1 aliphatic rings. The summed E-state index contributed by atoms with van der Waals surface area (Å²) >= 11 is 6.00. The predicted octanol–water partition coefficient (Wildman–Crippen LogP) is 3.76. The normalized spacial score (nSPS) is 16.3. The molecule has 25 heavy (non-hydrogen) atoms. The van der Waals surface area contributed by atoms with Crippen molar-refractivity contribution < 1.29 is 14.0 Å². The number of hydrogen-bond acceptors (Lipinski definition) is 2.